The molecule has 2 amide bonds. The molecule has 2 atom stereocenters. The van der Waals surface area contributed by atoms with Gasteiger partial charge < -0.3 is 10.2 Å². The molecular formula is C16H26N4O2S. The van der Waals surface area contributed by atoms with Crippen LogP contribution in [-0.4, -0.2) is 39.0 Å². The number of carbonyl (C=O) groups is 2. The summed E-state index contributed by atoms with van der Waals surface area (Å²) < 4.78 is 0. The molecule has 0 radical (unpaired) electrons. The van der Waals surface area contributed by atoms with Gasteiger partial charge in [0.1, 0.15) is 5.01 Å². The lowest BCUT2D eigenvalue weighted by Crippen LogP contribution is -2.47. The third-order valence-electron chi connectivity index (χ3n) is 4.22. The summed E-state index contributed by atoms with van der Waals surface area (Å²) in [7, 11) is 0. The molecule has 6 nitrogen and oxygen atoms in total. The summed E-state index contributed by atoms with van der Waals surface area (Å²) in [5, 5.41) is 12.2. The molecule has 23 heavy (non-hydrogen) atoms. The van der Waals surface area contributed by atoms with E-state index in [9.17, 15) is 9.59 Å². The molecule has 1 N–H and O–H groups in total. The molecule has 1 fully saturated rings. The number of nitrogens with one attached hydrogen (secondary N) is 1. The summed E-state index contributed by atoms with van der Waals surface area (Å²) in [6.07, 6.45) is 5.59. The van der Waals surface area contributed by atoms with E-state index in [4.69, 9.17) is 0 Å². The highest BCUT2D eigenvalue weighted by molar-refractivity contribution is 7.15. The standard InChI is InChI=1S/C16H26N4O2S/c1-4-6-14-18-19-16(23-14)17-13(21)9-10-15(22)20-11(2)7-5-8-12(20)3/h11-12H,4-10H2,1-3H3,(H,17,19,21). The van der Waals surface area contributed by atoms with Crippen LogP contribution in [0.1, 0.15) is 64.3 Å². The highest BCUT2D eigenvalue weighted by Crippen LogP contribution is 2.23. The number of piperidine rings is 1. The molecule has 0 saturated carbocycles. The van der Waals surface area contributed by atoms with E-state index >= 15 is 0 Å². The Labute approximate surface area is 141 Å². The fraction of sp³-hybridized carbons (Fsp3) is 0.750. The average Bonchev–Trinajstić information content (AvgIpc) is 2.92. The zero-order chi connectivity index (χ0) is 16.8. The maximum Gasteiger partial charge on any atom is 0.226 e. The van der Waals surface area contributed by atoms with Crippen molar-refractivity contribution in [2.75, 3.05) is 5.32 Å². The van der Waals surface area contributed by atoms with E-state index in [-0.39, 0.29) is 36.7 Å². The topological polar surface area (TPSA) is 75.2 Å². The molecule has 7 heteroatoms. The molecule has 128 valence electrons. The summed E-state index contributed by atoms with van der Waals surface area (Å²) in [4.78, 5) is 26.3. The number of aromatic nitrogens is 2. The summed E-state index contributed by atoms with van der Waals surface area (Å²) in [5.41, 5.74) is 0. The lowest BCUT2D eigenvalue weighted by atomic mass is 9.97. The van der Waals surface area contributed by atoms with E-state index in [0.29, 0.717) is 5.13 Å². The first kappa shape index (κ1) is 17.8. The van der Waals surface area contributed by atoms with E-state index in [1.807, 2.05) is 4.90 Å². The third-order valence-corrected chi connectivity index (χ3v) is 5.12. The third kappa shape index (κ3) is 4.99. The second-order valence-electron chi connectivity index (χ2n) is 6.23. The SMILES string of the molecule is CCCc1nnc(NC(=O)CCC(=O)N2C(C)CCCC2C)s1. The number of amides is 2. The van der Waals surface area contributed by atoms with E-state index in [1.165, 1.54) is 17.8 Å². The Kier molecular flexibility index (Phi) is 6.50. The summed E-state index contributed by atoms with van der Waals surface area (Å²) in [6.45, 7) is 6.25. The second-order valence-corrected chi connectivity index (χ2v) is 7.29. The van der Waals surface area contributed by atoms with Crippen molar-refractivity contribution in [3.63, 3.8) is 0 Å². The van der Waals surface area contributed by atoms with Gasteiger partial charge in [0.25, 0.3) is 0 Å². The minimum atomic E-state index is -0.171. The van der Waals surface area contributed by atoms with Crippen LogP contribution in [-0.2, 0) is 16.0 Å². The molecule has 2 heterocycles. The minimum absolute atomic E-state index is 0.0729. The van der Waals surface area contributed by atoms with Crippen LogP contribution in [0.5, 0.6) is 0 Å². The van der Waals surface area contributed by atoms with Crippen LogP contribution in [0.25, 0.3) is 0 Å². The van der Waals surface area contributed by atoms with E-state index < -0.39 is 0 Å². The number of hydrogen-bond acceptors (Lipinski definition) is 5. The van der Waals surface area contributed by atoms with Crippen LogP contribution >= 0.6 is 11.3 Å². The first-order valence-electron chi connectivity index (χ1n) is 8.44. The van der Waals surface area contributed by atoms with Crippen LogP contribution in [0.4, 0.5) is 5.13 Å². The lowest BCUT2D eigenvalue weighted by molar-refractivity contribution is -0.138. The Hall–Kier alpha value is -1.50. The lowest BCUT2D eigenvalue weighted by Gasteiger charge is -2.39. The Morgan fingerprint density at radius 2 is 1.91 bits per heavy atom. The van der Waals surface area contributed by atoms with Gasteiger partial charge in [-0.25, -0.2) is 0 Å². The van der Waals surface area contributed by atoms with Gasteiger partial charge in [-0.15, -0.1) is 10.2 Å². The molecule has 2 rings (SSSR count). The Bertz CT molecular complexity index is 536. The predicted molar refractivity (Wildman–Crippen MR) is 91.4 cm³/mol. The van der Waals surface area contributed by atoms with Crippen LogP contribution in [0.15, 0.2) is 0 Å². The van der Waals surface area contributed by atoms with Crippen LogP contribution in [0, 0.1) is 0 Å². The quantitative estimate of drug-likeness (QED) is 0.865. The highest BCUT2D eigenvalue weighted by atomic mass is 32.1. The molecular weight excluding hydrogens is 312 g/mol. The number of likely N-dealkylation sites (tertiary alicyclic amines) is 1. The zero-order valence-electron chi connectivity index (χ0n) is 14.2. The molecule has 1 aliphatic heterocycles. The van der Waals surface area contributed by atoms with Crippen molar-refractivity contribution in [3.05, 3.63) is 5.01 Å². The number of carbonyl (C=O) groups excluding carboxylic acids is 2. The number of nitrogens with zero attached hydrogens (tertiary/aromatic N) is 3. The van der Waals surface area contributed by atoms with Crippen LogP contribution in [0.3, 0.4) is 0 Å². The summed E-state index contributed by atoms with van der Waals surface area (Å²) >= 11 is 1.40. The van der Waals surface area contributed by atoms with Gasteiger partial charge >= 0.3 is 0 Å². The fourth-order valence-corrected chi connectivity index (χ4v) is 3.92. The van der Waals surface area contributed by atoms with Crippen LogP contribution < -0.4 is 5.32 Å². The van der Waals surface area contributed by atoms with Gasteiger partial charge in [0.2, 0.25) is 16.9 Å². The van der Waals surface area contributed by atoms with Gasteiger partial charge in [-0.05, 0) is 39.5 Å². The summed E-state index contributed by atoms with van der Waals surface area (Å²) in [6, 6.07) is 0.545. The maximum absolute atomic E-state index is 12.4. The van der Waals surface area contributed by atoms with Gasteiger partial charge in [0.05, 0.1) is 0 Å². The van der Waals surface area contributed by atoms with Crippen LogP contribution in [0.2, 0.25) is 0 Å². The first-order valence-corrected chi connectivity index (χ1v) is 9.26. The van der Waals surface area contributed by atoms with Crippen molar-refractivity contribution in [3.8, 4) is 0 Å². The average molecular weight is 338 g/mol. The molecule has 1 aromatic heterocycles. The molecule has 1 aliphatic rings. The van der Waals surface area contributed by atoms with E-state index in [2.05, 4.69) is 36.3 Å². The zero-order valence-corrected chi connectivity index (χ0v) is 15.0. The van der Waals surface area contributed by atoms with Crippen molar-refractivity contribution in [1.82, 2.24) is 15.1 Å². The largest absolute Gasteiger partial charge is 0.337 e. The highest BCUT2D eigenvalue weighted by Gasteiger charge is 2.28. The van der Waals surface area contributed by atoms with Gasteiger partial charge in [0.15, 0.2) is 0 Å². The molecule has 1 saturated heterocycles. The summed E-state index contributed by atoms with van der Waals surface area (Å²) in [5.74, 6) is -0.0985. The Balaban J connectivity index is 1.80. The van der Waals surface area contributed by atoms with Crippen molar-refractivity contribution < 1.29 is 9.59 Å². The predicted octanol–water partition coefficient (Wildman–Crippen LogP) is 3.00. The smallest absolute Gasteiger partial charge is 0.226 e. The van der Waals surface area contributed by atoms with Crippen molar-refractivity contribution in [1.29, 1.82) is 0 Å². The molecule has 0 bridgehead atoms. The first-order chi connectivity index (χ1) is 11.0. The number of hydrogen-bond donors (Lipinski definition) is 1. The van der Waals surface area contributed by atoms with E-state index in [0.717, 1.165) is 30.7 Å². The molecule has 0 spiro atoms. The second kappa shape index (κ2) is 8.38. The van der Waals surface area contributed by atoms with Gasteiger partial charge in [0, 0.05) is 31.3 Å². The number of aryl methyl sites for hydroxylation is 1. The molecule has 2 unspecified atom stereocenters. The molecule has 1 aromatic rings. The Morgan fingerprint density at radius 1 is 1.22 bits per heavy atom. The minimum Gasteiger partial charge on any atom is -0.337 e. The monoisotopic (exact) mass is 338 g/mol. The van der Waals surface area contributed by atoms with E-state index in [1.54, 1.807) is 0 Å². The van der Waals surface area contributed by atoms with Crippen molar-refractivity contribution in [2.45, 2.75) is 77.8 Å². The maximum atomic E-state index is 12.4. The van der Waals surface area contributed by atoms with Gasteiger partial charge in [-0.2, -0.15) is 0 Å². The van der Waals surface area contributed by atoms with Gasteiger partial charge in [-0.3, -0.25) is 9.59 Å². The molecule has 0 aliphatic carbocycles. The fourth-order valence-electron chi connectivity index (χ4n) is 3.06. The number of rotatable bonds is 6. The Morgan fingerprint density at radius 3 is 2.57 bits per heavy atom. The molecule has 0 aromatic carbocycles. The van der Waals surface area contributed by atoms with Gasteiger partial charge in [-0.1, -0.05) is 18.3 Å². The normalized spacial score (nSPS) is 21.3. The van der Waals surface area contributed by atoms with Crippen molar-refractivity contribution in [2.24, 2.45) is 0 Å². The van der Waals surface area contributed by atoms with Crippen molar-refractivity contribution >= 4 is 28.3 Å². The number of anilines is 1.